The highest BCUT2D eigenvalue weighted by molar-refractivity contribution is 6.39. The van der Waals surface area contributed by atoms with Crippen LogP contribution in [-0.2, 0) is 22.7 Å². The van der Waals surface area contributed by atoms with E-state index in [-0.39, 0.29) is 37.0 Å². The van der Waals surface area contributed by atoms with Gasteiger partial charge in [0.15, 0.2) is 0 Å². The van der Waals surface area contributed by atoms with Gasteiger partial charge in [-0.25, -0.2) is 9.97 Å². The Kier molecular flexibility index (Phi) is 10.3. The number of β-amino-alcohol motifs (C(OH)–C–C–N with tert-alkyl or cyclic N) is 1. The highest BCUT2D eigenvalue weighted by Crippen LogP contribution is 2.42. The summed E-state index contributed by atoms with van der Waals surface area (Å²) in [6.45, 7) is 1.40. The molecule has 3 aromatic heterocycles. The molecular weight excluding hydrogens is 707 g/mol. The van der Waals surface area contributed by atoms with Crippen LogP contribution in [0.15, 0.2) is 77.9 Å². The Balaban J connectivity index is 1.14. The normalized spacial score (nSPS) is 18.9. The molecule has 268 valence electrons. The topological polar surface area (TPSA) is 158 Å². The lowest BCUT2D eigenvalue weighted by atomic mass is 9.97. The summed E-state index contributed by atoms with van der Waals surface area (Å²) in [5, 5.41) is 26.8. The van der Waals surface area contributed by atoms with Crippen molar-refractivity contribution in [2.24, 2.45) is 0 Å². The number of nitrogens with one attached hydrogen (secondary N) is 2. The molecule has 2 aliphatic rings. The number of ether oxygens (including phenoxy) is 1. The van der Waals surface area contributed by atoms with Gasteiger partial charge in [0.05, 0.1) is 34.5 Å². The summed E-state index contributed by atoms with van der Waals surface area (Å²) in [6, 6.07) is 18.0. The average Bonchev–Trinajstić information content (AvgIpc) is 3.73. The summed E-state index contributed by atoms with van der Waals surface area (Å²) in [5.74, 6) is -0.485. The van der Waals surface area contributed by atoms with Crippen molar-refractivity contribution >= 4 is 40.7 Å². The highest BCUT2D eigenvalue weighted by atomic mass is 35.5. The molecule has 2 fully saturated rings. The number of aliphatic carboxylic acids is 1. The van der Waals surface area contributed by atoms with E-state index in [1.54, 1.807) is 30.3 Å². The summed E-state index contributed by atoms with van der Waals surface area (Å²) >= 11 is 14.2. The minimum atomic E-state index is -1.04. The first-order valence-corrected chi connectivity index (χ1v) is 17.6. The van der Waals surface area contributed by atoms with E-state index in [0.717, 1.165) is 17.5 Å². The smallest absolute Gasteiger partial charge is 0.321 e. The maximum absolute atomic E-state index is 13.4. The lowest BCUT2D eigenvalue weighted by Gasteiger charge is -2.20. The summed E-state index contributed by atoms with van der Waals surface area (Å²) in [6.07, 6.45) is 3.79. The third-order valence-corrected chi connectivity index (χ3v) is 10.4. The Morgan fingerprint density at radius 3 is 2.46 bits per heavy atom. The molecule has 0 unspecified atom stereocenters. The number of aromatic nitrogens is 3. The number of carboxylic acid groups (broad SMARTS) is 1. The SMILES string of the molecule is COc1nc(-c2cccc(-c3cccc(-c4ccn5c(=O)c(CN6C[C@@H](O)C[C@H]6C(=O)O)cnc5c4)c3Cl)c2Cl)ccc1CNC[C@H]1CCC(=O)N1. The predicted octanol–water partition coefficient (Wildman–Crippen LogP) is 4.79. The number of carbonyl (C=O) groups excluding carboxylic acids is 1. The molecule has 7 rings (SSSR count). The first-order valence-electron chi connectivity index (χ1n) is 16.9. The molecule has 2 aliphatic heterocycles. The zero-order chi connectivity index (χ0) is 36.5. The van der Waals surface area contributed by atoms with E-state index in [1.165, 1.54) is 10.6 Å². The van der Waals surface area contributed by atoms with Crippen molar-refractivity contribution in [3.05, 3.63) is 105 Å². The molecule has 5 aromatic rings. The van der Waals surface area contributed by atoms with Crippen LogP contribution in [0, 0.1) is 0 Å². The van der Waals surface area contributed by atoms with E-state index in [4.69, 9.17) is 32.9 Å². The van der Waals surface area contributed by atoms with Crippen LogP contribution >= 0.6 is 23.2 Å². The van der Waals surface area contributed by atoms with E-state index in [0.29, 0.717) is 74.6 Å². The zero-order valence-electron chi connectivity index (χ0n) is 28.2. The molecule has 14 heteroatoms. The first-order chi connectivity index (χ1) is 25.1. The number of hydrogen-bond acceptors (Lipinski definition) is 9. The van der Waals surface area contributed by atoms with Gasteiger partial charge in [0.1, 0.15) is 11.7 Å². The van der Waals surface area contributed by atoms with Gasteiger partial charge in [-0.1, -0.05) is 65.7 Å². The molecule has 2 aromatic carbocycles. The van der Waals surface area contributed by atoms with Crippen LogP contribution in [-0.4, -0.2) is 79.7 Å². The van der Waals surface area contributed by atoms with Crippen LogP contribution in [0.1, 0.15) is 30.4 Å². The van der Waals surface area contributed by atoms with Gasteiger partial charge in [0.25, 0.3) is 5.56 Å². The summed E-state index contributed by atoms with van der Waals surface area (Å²) < 4.78 is 7.05. The van der Waals surface area contributed by atoms with E-state index in [1.807, 2.05) is 48.5 Å². The molecule has 52 heavy (non-hydrogen) atoms. The minimum absolute atomic E-state index is 0.0598. The molecule has 4 N–H and O–H groups in total. The average molecular weight is 744 g/mol. The maximum atomic E-state index is 13.4. The number of aliphatic hydroxyl groups is 1. The van der Waals surface area contributed by atoms with Crippen LogP contribution in [0.25, 0.3) is 39.2 Å². The molecule has 12 nitrogen and oxygen atoms in total. The van der Waals surface area contributed by atoms with Gasteiger partial charge in [-0.2, -0.15) is 0 Å². The van der Waals surface area contributed by atoms with E-state index in [2.05, 4.69) is 15.6 Å². The second-order valence-electron chi connectivity index (χ2n) is 13.0. The number of pyridine rings is 2. The number of benzene rings is 2. The standard InChI is InChI=1S/C38H36Cl2N6O6/c1-52-36-22(16-41-18-24-9-11-33(48)43-24)8-10-30(44-36)29-7-3-6-28(35(29)40)27-5-2-4-26(34(27)39)21-12-13-46-32(14-21)42-17-23(37(46)49)19-45-20-25(47)15-31(45)38(50)51/h2-8,10,12-14,17,24-25,31,41,47H,9,11,15-16,18-20H2,1H3,(H,43,48)(H,50,51)/t24-,25+,31+/m1/s1. The van der Waals surface area contributed by atoms with Crippen LogP contribution in [0.4, 0.5) is 0 Å². The lowest BCUT2D eigenvalue weighted by molar-refractivity contribution is -0.142. The first kappa shape index (κ1) is 35.5. The summed E-state index contributed by atoms with van der Waals surface area (Å²) in [4.78, 5) is 47.4. The molecule has 0 bridgehead atoms. The number of halogens is 2. The molecule has 0 aliphatic carbocycles. The van der Waals surface area contributed by atoms with Crippen molar-refractivity contribution in [2.45, 2.75) is 50.5 Å². The molecule has 2 saturated heterocycles. The minimum Gasteiger partial charge on any atom is -0.481 e. The molecular formula is C38H36Cl2N6O6. The Hall–Kier alpha value is -4.85. The van der Waals surface area contributed by atoms with Gasteiger partial charge in [-0.15, -0.1) is 0 Å². The summed E-state index contributed by atoms with van der Waals surface area (Å²) in [7, 11) is 1.57. The summed E-state index contributed by atoms with van der Waals surface area (Å²) in [5.41, 5.74) is 5.48. The van der Waals surface area contributed by atoms with Gasteiger partial charge in [-0.05, 0) is 30.2 Å². The Morgan fingerprint density at radius 2 is 1.75 bits per heavy atom. The number of hydrogen-bond donors (Lipinski definition) is 4. The zero-order valence-corrected chi connectivity index (χ0v) is 29.7. The number of rotatable bonds is 11. The van der Waals surface area contributed by atoms with Crippen LogP contribution in [0.5, 0.6) is 5.88 Å². The van der Waals surface area contributed by atoms with Gasteiger partial charge >= 0.3 is 5.97 Å². The molecule has 0 radical (unpaired) electrons. The second-order valence-corrected chi connectivity index (χ2v) is 13.8. The number of carbonyl (C=O) groups is 2. The molecule has 0 spiro atoms. The van der Waals surface area contributed by atoms with Crippen LogP contribution in [0.2, 0.25) is 10.0 Å². The third-order valence-electron chi connectivity index (χ3n) is 9.62. The number of nitrogens with zero attached hydrogens (tertiary/aromatic N) is 4. The van der Waals surface area contributed by atoms with Crippen molar-refractivity contribution in [3.63, 3.8) is 0 Å². The van der Waals surface area contributed by atoms with Crippen LogP contribution < -0.4 is 20.9 Å². The largest absolute Gasteiger partial charge is 0.481 e. The van der Waals surface area contributed by atoms with E-state index >= 15 is 0 Å². The fraction of sp³-hybridized carbons (Fsp3) is 0.289. The van der Waals surface area contributed by atoms with Crippen molar-refractivity contribution in [1.82, 2.24) is 29.9 Å². The van der Waals surface area contributed by atoms with Crippen molar-refractivity contribution in [2.75, 3.05) is 20.2 Å². The highest BCUT2D eigenvalue weighted by Gasteiger charge is 2.36. The molecule has 5 heterocycles. The Bertz CT molecular complexity index is 2250. The molecule has 3 atom stereocenters. The van der Waals surface area contributed by atoms with Crippen LogP contribution in [0.3, 0.4) is 0 Å². The lowest BCUT2D eigenvalue weighted by Crippen LogP contribution is -2.37. The number of carboxylic acids is 1. The second kappa shape index (κ2) is 15.0. The van der Waals surface area contributed by atoms with Gasteiger partial charge < -0.3 is 25.6 Å². The van der Waals surface area contributed by atoms with E-state index in [9.17, 15) is 24.6 Å². The van der Waals surface area contributed by atoms with Crippen molar-refractivity contribution in [1.29, 1.82) is 0 Å². The number of aliphatic hydroxyl groups excluding tert-OH is 1. The number of amides is 1. The molecule has 0 saturated carbocycles. The predicted molar refractivity (Wildman–Crippen MR) is 197 cm³/mol. The fourth-order valence-electron chi connectivity index (χ4n) is 6.96. The molecule has 1 amide bonds. The van der Waals surface area contributed by atoms with E-state index < -0.39 is 18.1 Å². The fourth-order valence-corrected chi connectivity index (χ4v) is 7.62. The van der Waals surface area contributed by atoms with Gasteiger partial charge in [-0.3, -0.25) is 23.7 Å². The Morgan fingerprint density at radius 1 is 1.02 bits per heavy atom. The van der Waals surface area contributed by atoms with Gasteiger partial charge in [0.2, 0.25) is 11.8 Å². The maximum Gasteiger partial charge on any atom is 0.321 e. The van der Waals surface area contributed by atoms with Gasteiger partial charge in [0, 0.05) is 85.3 Å². The number of methoxy groups -OCH3 is 1. The number of fused-ring (bicyclic) bond motifs is 1. The van der Waals surface area contributed by atoms with Crippen molar-refractivity contribution in [3.8, 4) is 39.4 Å². The number of likely N-dealkylation sites (tertiary alicyclic amines) is 1. The van der Waals surface area contributed by atoms with Crippen molar-refractivity contribution < 1.29 is 24.5 Å². The Labute approximate surface area is 309 Å². The monoisotopic (exact) mass is 742 g/mol. The quantitative estimate of drug-likeness (QED) is 0.148. The third kappa shape index (κ3) is 7.12.